The van der Waals surface area contributed by atoms with E-state index in [1.54, 1.807) is 24.3 Å². The van der Waals surface area contributed by atoms with Gasteiger partial charge in [0.25, 0.3) is 0 Å². The predicted molar refractivity (Wildman–Crippen MR) is 84.8 cm³/mol. The molecule has 0 saturated carbocycles. The number of nitrogens with zero attached hydrogens (tertiary/aromatic N) is 1. The van der Waals surface area contributed by atoms with E-state index in [0.717, 1.165) is 5.69 Å². The zero-order valence-electron chi connectivity index (χ0n) is 12.2. The molecule has 0 aliphatic heterocycles. The number of para-hydroxylation sites is 1. The van der Waals surface area contributed by atoms with E-state index in [9.17, 15) is 9.59 Å². The predicted octanol–water partition coefficient (Wildman–Crippen LogP) is 2.96. The van der Waals surface area contributed by atoms with E-state index in [0.29, 0.717) is 11.3 Å². The van der Waals surface area contributed by atoms with Gasteiger partial charge in [0.2, 0.25) is 5.91 Å². The van der Waals surface area contributed by atoms with Crippen molar-refractivity contribution in [3.63, 3.8) is 0 Å². The summed E-state index contributed by atoms with van der Waals surface area (Å²) in [4.78, 5) is 25.1. The Morgan fingerprint density at radius 2 is 1.62 bits per heavy atom. The van der Waals surface area contributed by atoms with Gasteiger partial charge < -0.3 is 10.2 Å². The van der Waals surface area contributed by atoms with E-state index in [4.69, 9.17) is 0 Å². The van der Waals surface area contributed by atoms with Crippen LogP contribution in [-0.2, 0) is 4.79 Å². The van der Waals surface area contributed by atoms with Gasteiger partial charge in [0.1, 0.15) is 0 Å². The molecule has 0 bridgehead atoms. The highest BCUT2D eigenvalue weighted by atomic mass is 16.2. The monoisotopic (exact) mass is 282 g/mol. The van der Waals surface area contributed by atoms with E-state index >= 15 is 0 Å². The van der Waals surface area contributed by atoms with E-state index in [-0.39, 0.29) is 18.2 Å². The summed E-state index contributed by atoms with van der Waals surface area (Å²) in [5, 5.41) is 2.82. The molecule has 2 aromatic rings. The number of hydrogen-bond acceptors (Lipinski definition) is 3. The van der Waals surface area contributed by atoms with Crippen LogP contribution in [0, 0.1) is 0 Å². The van der Waals surface area contributed by atoms with Crippen LogP contribution in [0.1, 0.15) is 17.3 Å². The number of nitrogens with one attached hydrogen (secondary N) is 1. The van der Waals surface area contributed by atoms with Crippen molar-refractivity contribution in [1.82, 2.24) is 0 Å². The minimum atomic E-state index is -0.100. The number of amides is 1. The topological polar surface area (TPSA) is 49.4 Å². The molecule has 0 fully saturated rings. The Balaban J connectivity index is 1.94. The van der Waals surface area contributed by atoms with Crippen LogP contribution in [0.25, 0.3) is 0 Å². The van der Waals surface area contributed by atoms with Crippen LogP contribution >= 0.6 is 0 Å². The lowest BCUT2D eigenvalue weighted by molar-refractivity contribution is -0.114. The number of carbonyl (C=O) groups is 2. The van der Waals surface area contributed by atoms with Crippen molar-refractivity contribution >= 4 is 23.1 Å². The molecule has 108 valence electrons. The zero-order chi connectivity index (χ0) is 15.2. The molecule has 0 spiro atoms. The van der Waals surface area contributed by atoms with Gasteiger partial charge in [-0.1, -0.05) is 18.2 Å². The Labute approximate surface area is 124 Å². The number of ketones is 1. The highest BCUT2D eigenvalue weighted by molar-refractivity contribution is 5.96. The minimum Gasteiger partial charge on any atom is -0.365 e. The van der Waals surface area contributed by atoms with Gasteiger partial charge in [0, 0.05) is 24.0 Å². The Bertz CT molecular complexity index is 621. The highest BCUT2D eigenvalue weighted by Crippen LogP contribution is 2.12. The standard InChI is InChI=1S/C17H18N2O2/c1-13(20)14-8-10-15(11-9-14)18-17(21)12-19(2)16-6-4-3-5-7-16/h3-11H,12H2,1-2H3,(H,18,21). The highest BCUT2D eigenvalue weighted by Gasteiger charge is 2.08. The zero-order valence-corrected chi connectivity index (χ0v) is 12.2. The van der Waals surface area contributed by atoms with E-state index in [2.05, 4.69) is 5.32 Å². The van der Waals surface area contributed by atoms with E-state index in [1.807, 2.05) is 42.3 Å². The lowest BCUT2D eigenvalue weighted by atomic mass is 10.1. The summed E-state index contributed by atoms with van der Waals surface area (Å²) < 4.78 is 0. The maximum atomic E-state index is 12.0. The first-order valence-corrected chi connectivity index (χ1v) is 6.73. The fourth-order valence-electron chi connectivity index (χ4n) is 1.98. The van der Waals surface area contributed by atoms with Crippen LogP contribution in [0.15, 0.2) is 54.6 Å². The first-order valence-electron chi connectivity index (χ1n) is 6.73. The summed E-state index contributed by atoms with van der Waals surface area (Å²) in [6, 6.07) is 16.6. The van der Waals surface area contributed by atoms with Crippen molar-refractivity contribution in [2.24, 2.45) is 0 Å². The van der Waals surface area contributed by atoms with Crippen molar-refractivity contribution in [2.75, 3.05) is 23.8 Å². The summed E-state index contributed by atoms with van der Waals surface area (Å²) >= 11 is 0. The molecule has 0 heterocycles. The third-order valence-corrected chi connectivity index (χ3v) is 3.15. The molecule has 21 heavy (non-hydrogen) atoms. The SMILES string of the molecule is CC(=O)c1ccc(NC(=O)CN(C)c2ccccc2)cc1. The van der Waals surface area contributed by atoms with Crippen molar-refractivity contribution < 1.29 is 9.59 Å². The third-order valence-electron chi connectivity index (χ3n) is 3.15. The normalized spacial score (nSPS) is 10.0. The van der Waals surface area contributed by atoms with Gasteiger partial charge in [0.15, 0.2) is 5.78 Å². The number of carbonyl (C=O) groups excluding carboxylic acids is 2. The van der Waals surface area contributed by atoms with Gasteiger partial charge in [-0.05, 0) is 43.3 Å². The first kappa shape index (κ1) is 14.8. The lowest BCUT2D eigenvalue weighted by Gasteiger charge is -2.18. The smallest absolute Gasteiger partial charge is 0.243 e. The number of rotatable bonds is 5. The van der Waals surface area contributed by atoms with Gasteiger partial charge in [0.05, 0.1) is 6.54 Å². The molecule has 0 saturated heterocycles. The lowest BCUT2D eigenvalue weighted by Crippen LogP contribution is -2.29. The molecule has 0 aliphatic carbocycles. The summed E-state index contributed by atoms with van der Waals surface area (Å²) in [6.07, 6.45) is 0. The molecule has 2 rings (SSSR count). The summed E-state index contributed by atoms with van der Waals surface area (Å²) in [7, 11) is 1.87. The average Bonchev–Trinajstić information content (AvgIpc) is 2.48. The Morgan fingerprint density at radius 1 is 1.00 bits per heavy atom. The van der Waals surface area contributed by atoms with Gasteiger partial charge in [-0.15, -0.1) is 0 Å². The maximum absolute atomic E-state index is 12.0. The van der Waals surface area contributed by atoms with Crippen molar-refractivity contribution in [1.29, 1.82) is 0 Å². The average molecular weight is 282 g/mol. The van der Waals surface area contributed by atoms with Gasteiger partial charge in [-0.2, -0.15) is 0 Å². The largest absolute Gasteiger partial charge is 0.365 e. The Kier molecular flexibility index (Phi) is 4.72. The molecule has 0 aliphatic rings. The number of anilines is 2. The van der Waals surface area contributed by atoms with Gasteiger partial charge >= 0.3 is 0 Å². The van der Waals surface area contributed by atoms with Crippen LogP contribution < -0.4 is 10.2 Å². The Hall–Kier alpha value is -2.62. The van der Waals surface area contributed by atoms with Crippen LogP contribution in [0.5, 0.6) is 0 Å². The summed E-state index contributed by atoms with van der Waals surface area (Å²) in [5.41, 5.74) is 2.31. The van der Waals surface area contributed by atoms with Crippen molar-refractivity contribution in [2.45, 2.75) is 6.92 Å². The fourth-order valence-corrected chi connectivity index (χ4v) is 1.98. The second kappa shape index (κ2) is 6.70. The second-order valence-corrected chi connectivity index (χ2v) is 4.87. The molecule has 4 heteroatoms. The molecular weight excluding hydrogens is 264 g/mol. The van der Waals surface area contributed by atoms with Gasteiger partial charge in [-0.25, -0.2) is 0 Å². The Morgan fingerprint density at radius 3 is 2.19 bits per heavy atom. The van der Waals surface area contributed by atoms with Crippen LogP contribution in [0.4, 0.5) is 11.4 Å². The molecular formula is C17H18N2O2. The molecule has 0 unspecified atom stereocenters. The van der Waals surface area contributed by atoms with Crippen LogP contribution in [0.3, 0.4) is 0 Å². The number of hydrogen-bond donors (Lipinski definition) is 1. The van der Waals surface area contributed by atoms with Crippen LogP contribution in [-0.4, -0.2) is 25.3 Å². The molecule has 0 atom stereocenters. The number of benzene rings is 2. The molecule has 4 nitrogen and oxygen atoms in total. The van der Waals surface area contributed by atoms with Crippen LogP contribution in [0.2, 0.25) is 0 Å². The molecule has 1 amide bonds. The molecule has 2 aromatic carbocycles. The summed E-state index contributed by atoms with van der Waals surface area (Å²) in [6.45, 7) is 1.78. The third kappa shape index (κ3) is 4.18. The molecule has 1 N–H and O–H groups in total. The maximum Gasteiger partial charge on any atom is 0.243 e. The quantitative estimate of drug-likeness (QED) is 0.858. The van der Waals surface area contributed by atoms with E-state index in [1.165, 1.54) is 6.92 Å². The van der Waals surface area contributed by atoms with E-state index < -0.39 is 0 Å². The minimum absolute atomic E-state index is 0.0108. The van der Waals surface area contributed by atoms with Gasteiger partial charge in [-0.3, -0.25) is 9.59 Å². The molecule has 0 aromatic heterocycles. The molecule has 0 radical (unpaired) electrons. The van der Waals surface area contributed by atoms with Crippen molar-refractivity contribution in [3.05, 3.63) is 60.2 Å². The summed E-state index contributed by atoms with van der Waals surface area (Å²) in [5.74, 6) is -0.0892. The number of likely N-dealkylation sites (N-methyl/N-ethyl adjacent to an activating group) is 1. The first-order chi connectivity index (χ1) is 10.1. The van der Waals surface area contributed by atoms with Crippen molar-refractivity contribution in [3.8, 4) is 0 Å². The second-order valence-electron chi connectivity index (χ2n) is 4.87. The number of Topliss-reactive ketones (excluding diaryl/α,β-unsaturated/α-hetero) is 1. The fraction of sp³-hybridized carbons (Fsp3) is 0.176.